The average Bonchev–Trinajstić information content (AvgIpc) is 2.35. The van der Waals surface area contributed by atoms with Crippen LogP contribution in [0.5, 0.6) is 5.75 Å². The van der Waals surface area contributed by atoms with Crippen LogP contribution in [0.4, 0.5) is 0 Å². The molecule has 0 aliphatic rings. The van der Waals surface area contributed by atoms with Gasteiger partial charge in [-0.3, -0.25) is 4.79 Å². The third-order valence-corrected chi connectivity index (χ3v) is 2.43. The summed E-state index contributed by atoms with van der Waals surface area (Å²) in [6, 6.07) is 9.51. The highest BCUT2D eigenvalue weighted by molar-refractivity contribution is 5.76. The maximum Gasteiger partial charge on any atom is 0.220 e. The summed E-state index contributed by atoms with van der Waals surface area (Å²) in [7, 11) is 0. The summed E-state index contributed by atoms with van der Waals surface area (Å²) >= 11 is 0. The maximum atomic E-state index is 11.6. The van der Waals surface area contributed by atoms with Crippen molar-refractivity contribution in [3.8, 4) is 5.75 Å². The van der Waals surface area contributed by atoms with Gasteiger partial charge in [-0.05, 0) is 32.4 Å². The molecule has 4 heteroatoms. The van der Waals surface area contributed by atoms with Crippen LogP contribution >= 0.6 is 0 Å². The van der Waals surface area contributed by atoms with Gasteiger partial charge < -0.3 is 15.2 Å². The quantitative estimate of drug-likeness (QED) is 0.726. The molecule has 0 aliphatic heterocycles. The zero-order chi connectivity index (χ0) is 13.4. The number of amides is 1. The summed E-state index contributed by atoms with van der Waals surface area (Å²) in [6.45, 7) is 4.01. The lowest BCUT2D eigenvalue weighted by atomic mass is 10.1. The molecule has 0 radical (unpaired) electrons. The van der Waals surface area contributed by atoms with Crippen molar-refractivity contribution < 1.29 is 14.6 Å². The van der Waals surface area contributed by atoms with E-state index in [0.717, 1.165) is 5.75 Å². The van der Waals surface area contributed by atoms with Gasteiger partial charge in [-0.2, -0.15) is 0 Å². The maximum absolute atomic E-state index is 11.6. The Morgan fingerprint density at radius 1 is 1.33 bits per heavy atom. The Hall–Kier alpha value is -1.55. The number of rotatable bonds is 7. The molecule has 0 aromatic heterocycles. The van der Waals surface area contributed by atoms with E-state index in [4.69, 9.17) is 9.84 Å². The molecule has 1 aromatic carbocycles. The molecule has 0 spiro atoms. The fraction of sp³-hybridized carbons (Fsp3) is 0.500. The van der Waals surface area contributed by atoms with Crippen molar-refractivity contribution >= 4 is 5.91 Å². The number of ether oxygens (including phenoxy) is 1. The van der Waals surface area contributed by atoms with E-state index in [1.165, 1.54) is 0 Å². The number of aliphatic hydroxyl groups is 1. The fourth-order valence-corrected chi connectivity index (χ4v) is 1.42. The van der Waals surface area contributed by atoms with Crippen LogP contribution in [0.2, 0.25) is 0 Å². The Labute approximate surface area is 108 Å². The molecule has 0 fully saturated rings. The van der Waals surface area contributed by atoms with Crippen molar-refractivity contribution in [3.63, 3.8) is 0 Å². The van der Waals surface area contributed by atoms with Gasteiger partial charge in [0, 0.05) is 6.42 Å². The molecule has 0 saturated carbocycles. The molecule has 1 amide bonds. The molecule has 0 unspecified atom stereocenters. The van der Waals surface area contributed by atoms with Crippen molar-refractivity contribution in [2.45, 2.75) is 32.2 Å². The van der Waals surface area contributed by atoms with Crippen molar-refractivity contribution in [2.75, 3.05) is 13.2 Å². The van der Waals surface area contributed by atoms with Gasteiger partial charge in [0.05, 0.1) is 18.8 Å². The van der Waals surface area contributed by atoms with E-state index in [2.05, 4.69) is 5.32 Å². The van der Waals surface area contributed by atoms with E-state index in [-0.39, 0.29) is 12.5 Å². The number of carbonyl (C=O) groups excluding carboxylic acids is 1. The minimum atomic E-state index is -0.558. The molecule has 0 heterocycles. The molecule has 2 N–H and O–H groups in total. The number of hydrogen-bond donors (Lipinski definition) is 2. The highest BCUT2D eigenvalue weighted by Crippen LogP contribution is 2.09. The van der Waals surface area contributed by atoms with E-state index < -0.39 is 5.54 Å². The average molecular weight is 251 g/mol. The third kappa shape index (κ3) is 5.68. The standard InChI is InChI=1S/C14H21NO3/c1-14(2,11-16)15-13(17)9-6-10-18-12-7-4-3-5-8-12/h3-5,7-8,16H,6,9-11H2,1-2H3,(H,15,17). The molecule has 1 aromatic rings. The number of aliphatic hydroxyl groups excluding tert-OH is 1. The van der Waals surface area contributed by atoms with Crippen LogP contribution in [0.15, 0.2) is 30.3 Å². The van der Waals surface area contributed by atoms with Crippen molar-refractivity contribution in [2.24, 2.45) is 0 Å². The third-order valence-electron chi connectivity index (χ3n) is 2.43. The van der Waals surface area contributed by atoms with E-state index in [1.54, 1.807) is 13.8 Å². The number of para-hydroxylation sites is 1. The van der Waals surface area contributed by atoms with Crippen LogP contribution in [-0.2, 0) is 4.79 Å². The summed E-state index contributed by atoms with van der Waals surface area (Å²) in [4.78, 5) is 11.6. The first-order valence-electron chi connectivity index (χ1n) is 6.13. The lowest BCUT2D eigenvalue weighted by Gasteiger charge is -2.23. The van der Waals surface area contributed by atoms with E-state index in [1.807, 2.05) is 30.3 Å². The summed E-state index contributed by atoms with van der Waals surface area (Å²) in [6.07, 6.45) is 1.05. The highest BCUT2D eigenvalue weighted by Gasteiger charge is 2.18. The van der Waals surface area contributed by atoms with Crippen molar-refractivity contribution in [1.82, 2.24) is 5.32 Å². The fourth-order valence-electron chi connectivity index (χ4n) is 1.42. The SMILES string of the molecule is CC(C)(CO)NC(=O)CCCOc1ccccc1. The van der Waals surface area contributed by atoms with Crippen molar-refractivity contribution in [3.05, 3.63) is 30.3 Å². The molecule has 4 nitrogen and oxygen atoms in total. The van der Waals surface area contributed by atoms with Gasteiger partial charge in [0.1, 0.15) is 5.75 Å². The summed E-state index contributed by atoms with van der Waals surface area (Å²) in [5.74, 6) is 0.749. The van der Waals surface area contributed by atoms with Crippen LogP contribution in [-0.4, -0.2) is 29.8 Å². The number of hydrogen-bond acceptors (Lipinski definition) is 3. The van der Waals surface area contributed by atoms with Crippen molar-refractivity contribution in [1.29, 1.82) is 0 Å². The van der Waals surface area contributed by atoms with Crippen LogP contribution in [0.3, 0.4) is 0 Å². The summed E-state index contributed by atoms with van der Waals surface area (Å²) < 4.78 is 5.48. The predicted octanol–water partition coefficient (Wildman–Crippen LogP) is 1.73. The topological polar surface area (TPSA) is 58.6 Å². The summed E-state index contributed by atoms with van der Waals surface area (Å²) in [5, 5.41) is 11.8. The molecule has 0 saturated heterocycles. The first-order chi connectivity index (χ1) is 8.53. The smallest absolute Gasteiger partial charge is 0.220 e. The van der Waals surface area contributed by atoms with Gasteiger partial charge in [-0.25, -0.2) is 0 Å². The molecule has 0 aliphatic carbocycles. The number of benzene rings is 1. The van der Waals surface area contributed by atoms with Gasteiger partial charge in [-0.15, -0.1) is 0 Å². The Morgan fingerprint density at radius 3 is 2.61 bits per heavy atom. The van der Waals surface area contributed by atoms with Crippen LogP contribution in [0, 0.1) is 0 Å². The Balaban J connectivity index is 2.17. The first-order valence-corrected chi connectivity index (χ1v) is 6.13. The molecular weight excluding hydrogens is 230 g/mol. The van der Waals surface area contributed by atoms with Gasteiger partial charge >= 0.3 is 0 Å². The number of nitrogens with one attached hydrogen (secondary N) is 1. The minimum absolute atomic E-state index is 0.0642. The van der Waals surface area contributed by atoms with Crippen LogP contribution < -0.4 is 10.1 Å². The summed E-state index contributed by atoms with van der Waals surface area (Å²) in [5.41, 5.74) is -0.558. The Kier molecular flexibility index (Phi) is 5.65. The monoisotopic (exact) mass is 251 g/mol. The molecule has 1 rings (SSSR count). The van der Waals surface area contributed by atoms with Crippen LogP contribution in [0.1, 0.15) is 26.7 Å². The largest absolute Gasteiger partial charge is 0.494 e. The minimum Gasteiger partial charge on any atom is -0.494 e. The predicted molar refractivity (Wildman–Crippen MR) is 70.5 cm³/mol. The molecule has 0 atom stereocenters. The second-order valence-electron chi connectivity index (χ2n) is 4.86. The Bertz CT molecular complexity index is 363. The van der Waals surface area contributed by atoms with E-state index >= 15 is 0 Å². The lowest BCUT2D eigenvalue weighted by molar-refractivity contribution is -0.123. The van der Waals surface area contributed by atoms with Gasteiger partial charge in [0.15, 0.2) is 0 Å². The molecule has 100 valence electrons. The Morgan fingerprint density at radius 2 is 2.00 bits per heavy atom. The van der Waals surface area contributed by atoms with E-state index in [9.17, 15) is 4.79 Å². The van der Waals surface area contributed by atoms with Crippen LogP contribution in [0.25, 0.3) is 0 Å². The van der Waals surface area contributed by atoms with Gasteiger partial charge in [0.2, 0.25) is 5.91 Å². The first kappa shape index (κ1) is 14.5. The second-order valence-corrected chi connectivity index (χ2v) is 4.86. The van der Waals surface area contributed by atoms with Gasteiger partial charge in [-0.1, -0.05) is 18.2 Å². The highest BCUT2D eigenvalue weighted by atomic mass is 16.5. The zero-order valence-electron chi connectivity index (χ0n) is 11.0. The normalized spacial score (nSPS) is 11.1. The zero-order valence-corrected chi connectivity index (χ0v) is 11.0. The van der Waals surface area contributed by atoms with Gasteiger partial charge in [0.25, 0.3) is 0 Å². The lowest BCUT2D eigenvalue weighted by Crippen LogP contribution is -2.46. The van der Waals surface area contributed by atoms with E-state index in [0.29, 0.717) is 19.4 Å². The molecular formula is C14H21NO3. The second kappa shape index (κ2) is 7.01. The number of carbonyl (C=O) groups is 1. The molecule has 18 heavy (non-hydrogen) atoms. The molecule has 0 bridgehead atoms.